The number of phenols is 2. The first kappa shape index (κ1) is 15.2. The summed E-state index contributed by atoms with van der Waals surface area (Å²) < 4.78 is 0. The lowest BCUT2D eigenvalue weighted by Crippen LogP contribution is -1.77. The summed E-state index contributed by atoms with van der Waals surface area (Å²) in [6.45, 7) is 0. The van der Waals surface area contributed by atoms with Crippen LogP contribution in [0.4, 0.5) is 0 Å². The molecule has 4 aromatic rings. The average Bonchev–Trinajstić information content (AvgIpc) is 2.60. The largest absolute Gasteiger partial charge is 0.507 e. The maximum absolute atomic E-state index is 9.86. The van der Waals surface area contributed by atoms with Crippen LogP contribution in [0.5, 0.6) is 11.5 Å². The van der Waals surface area contributed by atoms with Gasteiger partial charge in [0.25, 0.3) is 0 Å². The van der Waals surface area contributed by atoms with E-state index in [1.165, 1.54) is 0 Å². The molecule has 0 aliphatic heterocycles. The van der Waals surface area contributed by atoms with E-state index >= 15 is 0 Å². The van der Waals surface area contributed by atoms with E-state index in [2.05, 4.69) is 12.1 Å². The summed E-state index contributed by atoms with van der Waals surface area (Å²) in [6, 6.07) is 23.2. The van der Waals surface area contributed by atoms with Gasteiger partial charge in [0.2, 0.25) is 0 Å². The minimum atomic E-state index is 0.311. The fourth-order valence-electron chi connectivity index (χ4n) is 2.69. The number of hydrogen-bond acceptors (Lipinski definition) is 4. The van der Waals surface area contributed by atoms with Crippen molar-refractivity contribution in [2.24, 2.45) is 0 Å². The van der Waals surface area contributed by atoms with Crippen molar-refractivity contribution in [2.45, 2.75) is 9.79 Å². The van der Waals surface area contributed by atoms with Crippen LogP contribution in [0.25, 0.3) is 21.5 Å². The molecule has 0 radical (unpaired) electrons. The molecule has 4 rings (SSSR count). The maximum Gasteiger partial charge on any atom is 0.123 e. The zero-order valence-electron chi connectivity index (χ0n) is 12.6. The summed E-state index contributed by atoms with van der Waals surface area (Å²) in [5.41, 5.74) is 0. The lowest BCUT2D eigenvalue weighted by molar-refractivity contribution is 0.481. The molecule has 0 atom stereocenters. The van der Waals surface area contributed by atoms with E-state index in [0.717, 1.165) is 31.3 Å². The third-order valence-corrected chi connectivity index (χ3v) is 6.27. The average molecular weight is 350 g/mol. The number of fused-ring (bicyclic) bond motifs is 2. The summed E-state index contributed by atoms with van der Waals surface area (Å²) in [5.74, 6) is 0.622. The summed E-state index contributed by atoms with van der Waals surface area (Å²) in [4.78, 5) is 2.27. The quantitative estimate of drug-likeness (QED) is 0.431. The van der Waals surface area contributed by atoms with Crippen molar-refractivity contribution in [1.29, 1.82) is 0 Å². The first-order chi connectivity index (χ1) is 11.7. The summed E-state index contributed by atoms with van der Waals surface area (Å²) >= 11 is 0. The Balaban J connectivity index is 1.58. The molecule has 0 spiro atoms. The second-order valence-electron chi connectivity index (χ2n) is 5.49. The van der Waals surface area contributed by atoms with Crippen molar-refractivity contribution in [3.8, 4) is 11.5 Å². The van der Waals surface area contributed by atoms with Gasteiger partial charge in [-0.2, -0.15) is 0 Å². The second kappa shape index (κ2) is 6.30. The van der Waals surface area contributed by atoms with Gasteiger partial charge in [0.15, 0.2) is 0 Å². The molecule has 0 aliphatic rings. The highest BCUT2D eigenvalue weighted by Crippen LogP contribution is 2.40. The smallest absolute Gasteiger partial charge is 0.123 e. The van der Waals surface area contributed by atoms with Crippen LogP contribution in [0.15, 0.2) is 82.6 Å². The highest BCUT2D eigenvalue weighted by Gasteiger charge is 2.04. The monoisotopic (exact) mass is 350 g/mol. The van der Waals surface area contributed by atoms with Gasteiger partial charge in [-0.05, 0) is 59.3 Å². The topological polar surface area (TPSA) is 40.5 Å². The van der Waals surface area contributed by atoms with Gasteiger partial charge < -0.3 is 10.2 Å². The van der Waals surface area contributed by atoms with Crippen molar-refractivity contribution in [1.82, 2.24) is 0 Å². The van der Waals surface area contributed by atoms with E-state index < -0.39 is 0 Å². The summed E-state index contributed by atoms with van der Waals surface area (Å²) in [7, 11) is 3.36. The first-order valence-electron chi connectivity index (χ1n) is 7.49. The van der Waals surface area contributed by atoms with Gasteiger partial charge in [0.05, 0.1) is 0 Å². The van der Waals surface area contributed by atoms with Gasteiger partial charge in [0.1, 0.15) is 11.5 Å². The van der Waals surface area contributed by atoms with Crippen molar-refractivity contribution in [3.63, 3.8) is 0 Å². The van der Waals surface area contributed by atoms with Crippen LogP contribution >= 0.6 is 21.6 Å². The lowest BCUT2D eigenvalue weighted by Gasteiger charge is -2.06. The van der Waals surface area contributed by atoms with Crippen molar-refractivity contribution in [3.05, 3.63) is 72.8 Å². The zero-order chi connectivity index (χ0) is 16.5. The zero-order valence-corrected chi connectivity index (χ0v) is 14.3. The molecule has 4 heteroatoms. The van der Waals surface area contributed by atoms with Crippen LogP contribution in [-0.4, -0.2) is 10.2 Å². The first-order valence-corrected chi connectivity index (χ1v) is 9.64. The Labute approximate surface area is 147 Å². The van der Waals surface area contributed by atoms with Crippen LogP contribution in [0.1, 0.15) is 0 Å². The van der Waals surface area contributed by atoms with Crippen LogP contribution < -0.4 is 0 Å². The van der Waals surface area contributed by atoms with Gasteiger partial charge in [0, 0.05) is 20.6 Å². The Morgan fingerprint density at radius 2 is 1.00 bits per heavy atom. The van der Waals surface area contributed by atoms with Crippen molar-refractivity contribution >= 4 is 43.1 Å². The summed E-state index contributed by atoms with van der Waals surface area (Å²) in [5, 5.41) is 23.5. The van der Waals surface area contributed by atoms with E-state index in [1.54, 1.807) is 33.7 Å². The van der Waals surface area contributed by atoms with Crippen LogP contribution in [-0.2, 0) is 0 Å². The lowest BCUT2D eigenvalue weighted by atomic mass is 10.1. The Kier molecular flexibility index (Phi) is 4.00. The molecule has 0 unspecified atom stereocenters. The molecule has 0 saturated carbocycles. The highest BCUT2D eigenvalue weighted by molar-refractivity contribution is 8.76. The third-order valence-electron chi connectivity index (χ3n) is 3.89. The fraction of sp³-hybridized carbons (Fsp3) is 0. The van der Waals surface area contributed by atoms with E-state index in [1.807, 2.05) is 48.5 Å². The van der Waals surface area contributed by atoms with E-state index in [9.17, 15) is 10.2 Å². The number of phenolic OH excluding ortho intramolecular Hbond substituents is 2. The maximum atomic E-state index is 9.86. The SMILES string of the molecule is Oc1cccc2cc(SSc3ccc4c(O)cccc4c3)ccc12. The van der Waals surface area contributed by atoms with Crippen LogP contribution in [0.3, 0.4) is 0 Å². The molecule has 24 heavy (non-hydrogen) atoms. The fourth-order valence-corrected chi connectivity index (χ4v) is 4.68. The Morgan fingerprint density at radius 1 is 0.542 bits per heavy atom. The highest BCUT2D eigenvalue weighted by atomic mass is 33.1. The molecule has 0 aliphatic carbocycles. The second-order valence-corrected chi connectivity index (χ2v) is 7.76. The third kappa shape index (κ3) is 2.90. The van der Waals surface area contributed by atoms with Gasteiger partial charge in [-0.1, -0.05) is 45.9 Å². The molecule has 0 heterocycles. The molecule has 0 aromatic heterocycles. The molecule has 0 bridgehead atoms. The number of hydrogen-bond donors (Lipinski definition) is 2. The molecule has 0 amide bonds. The molecule has 4 aromatic carbocycles. The number of benzene rings is 4. The molecule has 0 fully saturated rings. The molecule has 0 saturated heterocycles. The van der Waals surface area contributed by atoms with Crippen LogP contribution in [0.2, 0.25) is 0 Å². The van der Waals surface area contributed by atoms with E-state index in [-0.39, 0.29) is 0 Å². The number of aromatic hydroxyl groups is 2. The van der Waals surface area contributed by atoms with Gasteiger partial charge in [-0.25, -0.2) is 0 Å². The van der Waals surface area contributed by atoms with Gasteiger partial charge in [-0.3, -0.25) is 0 Å². The molecule has 2 nitrogen and oxygen atoms in total. The van der Waals surface area contributed by atoms with Gasteiger partial charge >= 0.3 is 0 Å². The van der Waals surface area contributed by atoms with E-state index in [0.29, 0.717) is 11.5 Å². The molecular weight excluding hydrogens is 336 g/mol. The van der Waals surface area contributed by atoms with Crippen LogP contribution in [0, 0.1) is 0 Å². The normalized spacial score (nSPS) is 11.2. The number of rotatable bonds is 3. The molecule has 118 valence electrons. The Morgan fingerprint density at radius 3 is 1.46 bits per heavy atom. The molecule has 2 N–H and O–H groups in total. The van der Waals surface area contributed by atoms with Crippen molar-refractivity contribution in [2.75, 3.05) is 0 Å². The Bertz CT molecular complexity index is 959. The standard InChI is InChI=1S/C20H14O2S2/c21-19-5-1-3-13-11-15(7-9-17(13)19)23-24-16-8-10-18-14(12-16)4-2-6-20(18)22/h1-12,21-22H. The van der Waals surface area contributed by atoms with E-state index in [4.69, 9.17) is 0 Å². The van der Waals surface area contributed by atoms with Crippen molar-refractivity contribution < 1.29 is 10.2 Å². The predicted molar refractivity (Wildman–Crippen MR) is 103 cm³/mol. The van der Waals surface area contributed by atoms with Gasteiger partial charge in [-0.15, -0.1) is 0 Å². The summed E-state index contributed by atoms with van der Waals surface area (Å²) in [6.07, 6.45) is 0. The Hall–Kier alpha value is -2.30. The minimum Gasteiger partial charge on any atom is -0.507 e. The predicted octanol–water partition coefficient (Wildman–Crippen LogP) is 6.20. The minimum absolute atomic E-state index is 0.311. The molecular formula is C20H14O2S2.